The Balaban J connectivity index is 1.74. The monoisotopic (exact) mass is 516 g/mol. The summed E-state index contributed by atoms with van der Waals surface area (Å²) in [6, 6.07) is 1.52. The zero-order valence-corrected chi connectivity index (χ0v) is 22.2. The highest BCUT2D eigenvalue weighted by Gasteiger charge is 2.30. The lowest BCUT2D eigenvalue weighted by molar-refractivity contribution is 0.0928. The molecule has 4 rings (SSSR count). The molecule has 1 aromatic carbocycles. The van der Waals surface area contributed by atoms with Crippen molar-refractivity contribution in [3.63, 3.8) is 0 Å². The van der Waals surface area contributed by atoms with Crippen molar-refractivity contribution < 1.29 is 13.9 Å². The van der Waals surface area contributed by atoms with Crippen LogP contribution in [-0.4, -0.2) is 58.0 Å². The van der Waals surface area contributed by atoms with Gasteiger partial charge in [-0.1, -0.05) is 18.5 Å². The second-order valence-electron chi connectivity index (χ2n) is 9.90. The number of nitrogens with two attached hydrogens (primary N) is 1. The second-order valence-corrected chi connectivity index (χ2v) is 10.3. The number of carbonyl (C=O) groups excluding carboxylic acids is 1. The number of likely N-dealkylation sites (tertiary alicyclic amines) is 1. The Morgan fingerprint density at radius 2 is 2.03 bits per heavy atom. The highest BCUT2D eigenvalue weighted by molar-refractivity contribution is 6.31. The smallest absolute Gasteiger partial charge is 0.258 e. The van der Waals surface area contributed by atoms with E-state index in [0.717, 1.165) is 31.6 Å². The Labute approximate surface area is 216 Å². The van der Waals surface area contributed by atoms with Crippen LogP contribution < -0.4 is 15.8 Å². The van der Waals surface area contributed by atoms with E-state index in [1.54, 1.807) is 12.4 Å². The maximum atomic E-state index is 15.4. The van der Waals surface area contributed by atoms with Gasteiger partial charge in [-0.25, -0.2) is 14.4 Å². The Morgan fingerprint density at radius 3 is 2.69 bits per heavy atom. The molecule has 0 radical (unpaired) electrons. The Morgan fingerprint density at radius 1 is 1.33 bits per heavy atom. The number of piperidine rings is 1. The summed E-state index contributed by atoms with van der Waals surface area (Å²) in [5.41, 5.74) is 7.91. The zero-order chi connectivity index (χ0) is 26.1. The fraction of sp³-hybridized carbons (Fsp3) is 0.500. The molecular weight excluding hydrogens is 483 g/mol. The topological polar surface area (TPSA) is 97.8 Å². The van der Waals surface area contributed by atoms with E-state index in [0.29, 0.717) is 35.2 Å². The van der Waals surface area contributed by atoms with Crippen molar-refractivity contribution in [1.29, 1.82) is 0 Å². The molecule has 8 nitrogen and oxygen atoms in total. The van der Waals surface area contributed by atoms with Gasteiger partial charge in [0.25, 0.3) is 5.91 Å². The van der Waals surface area contributed by atoms with E-state index in [-0.39, 0.29) is 28.4 Å². The molecule has 0 bridgehead atoms. The van der Waals surface area contributed by atoms with E-state index in [1.807, 2.05) is 32.1 Å². The molecule has 1 aliphatic heterocycles. The van der Waals surface area contributed by atoms with E-state index in [9.17, 15) is 4.79 Å². The van der Waals surface area contributed by atoms with Crippen molar-refractivity contribution in [3.05, 3.63) is 51.9 Å². The number of aromatic nitrogens is 3. The number of fused-ring (bicyclic) bond motifs is 1. The van der Waals surface area contributed by atoms with Crippen molar-refractivity contribution in [2.45, 2.75) is 52.6 Å². The minimum atomic E-state index is -0.790. The minimum absolute atomic E-state index is 0.142. The Kier molecular flexibility index (Phi) is 7.70. The molecule has 0 saturated carbocycles. The normalized spacial score (nSPS) is 16.0. The number of halogens is 2. The molecule has 0 spiro atoms. The molecule has 3 N–H and O–H groups in total. The summed E-state index contributed by atoms with van der Waals surface area (Å²) in [4.78, 5) is 24.5. The van der Waals surface area contributed by atoms with Crippen LogP contribution in [0.15, 0.2) is 18.5 Å². The summed E-state index contributed by atoms with van der Waals surface area (Å²) in [5.74, 6) is -0.163. The fourth-order valence-electron chi connectivity index (χ4n) is 4.82. The molecule has 36 heavy (non-hydrogen) atoms. The third-order valence-electron chi connectivity index (χ3n) is 6.81. The molecule has 3 heterocycles. The van der Waals surface area contributed by atoms with Crippen molar-refractivity contribution in [2.24, 2.45) is 5.92 Å². The maximum Gasteiger partial charge on any atom is 0.258 e. The van der Waals surface area contributed by atoms with Crippen LogP contribution in [0, 0.1) is 18.7 Å². The molecule has 1 amide bonds. The quantitative estimate of drug-likeness (QED) is 0.482. The van der Waals surface area contributed by atoms with Crippen LogP contribution in [0.5, 0.6) is 5.75 Å². The number of amides is 1. The molecule has 1 aliphatic rings. The first kappa shape index (κ1) is 26.2. The lowest BCUT2D eigenvalue weighted by Crippen LogP contribution is -2.37. The van der Waals surface area contributed by atoms with Gasteiger partial charge >= 0.3 is 0 Å². The molecule has 194 valence electrons. The molecule has 0 aliphatic carbocycles. The second kappa shape index (κ2) is 10.6. The number of ether oxygens (including phenoxy) is 1. The number of anilines is 1. The van der Waals surface area contributed by atoms with Gasteiger partial charge in [-0.2, -0.15) is 0 Å². The summed E-state index contributed by atoms with van der Waals surface area (Å²) >= 11 is 6.34. The molecule has 1 atom stereocenters. The number of nitrogen functional groups attached to an aromatic ring is 1. The van der Waals surface area contributed by atoms with E-state index in [1.165, 1.54) is 6.07 Å². The van der Waals surface area contributed by atoms with Crippen molar-refractivity contribution in [2.75, 3.05) is 32.4 Å². The van der Waals surface area contributed by atoms with Crippen LogP contribution in [0.25, 0.3) is 5.52 Å². The van der Waals surface area contributed by atoms with Gasteiger partial charge in [-0.15, -0.1) is 0 Å². The third-order valence-corrected chi connectivity index (χ3v) is 7.08. The van der Waals surface area contributed by atoms with Crippen LogP contribution in [0.2, 0.25) is 5.02 Å². The zero-order valence-electron chi connectivity index (χ0n) is 21.4. The summed E-state index contributed by atoms with van der Waals surface area (Å²) in [7, 11) is 2.09. The van der Waals surface area contributed by atoms with Gasteiger partial charge in [0.1, 0.15) is 28.5 Å². The van der Waals surface area contributed by atoms with E-state index in [2.05, 4.69) is 22.2 Å². The first-order valence-corrected chi connectivity index (χ1v) is 12.7. The predicted molar refractivity (Wildman–Crippen MR) is 139 cm³/mol. The van der Waals surface area contributed by atoms with Gasteiger partial charge in [-0.3, -0.25) is 9.20 Å². The summed E-state index contributed by atoms with van der Waals surface area (Å²) in [5, 5.41) is 2.79. The standard InChI is InChI=1S/C26H34ClFN6O2/c1-14(2)36-23-18(15(3)25-32-16(4)22-24(29)30-8-11-34(22)25)12-19(27)21(28)20(23)26(35)31-13-17-6-9-33(5)10-7-17/h8,11-12,14-15,17H,6-7,9-10,13H2,1-5H3,(H2,29,30)(H,31,35)/t15-/m0/s1. The van der Waals surface area contributed by atoms with E-state index in [4.69, 9.17) is 27.1 Å². The molecular formula is C26H34ClFN6O2. The summed E-state index contributed by atoms with van der Waals surface area (Å²) < 4.78 is 23.4. The lowest BCUT2D eigenvalue weighted by Gasteiger charge is -2.29. The van der Waals surface area contributed by atoms with Crippen LogP contribution in [-0.2, 0) is 0 Å². The first-order valence-electron chi connectivity index (χ1n) is 12.3. The number of hydrogen-bond acceptors (Lipinski definition) is 6. The molecule has 0 unspecified atom stereocenters. The Hall–Kier alpha value is -2.91. The number of carbonyl (C=O) groups is 1. The molecule has 1 saturated heterocycles. The molecule has 2 aromatic heterocycles. The SMILES string of the molecule is Cc1nc([C@@H](C)c2cc(Cl)c(F)c(C(=O)NCC3CCN(C)CC3)c2OC(C)C)n2ccnc(N)c12. The predicted octanol–water partition coefficient (Wildman–Crippen LogP) is 4.42. The number of aryl methyl sites for hydroxylation is 1. The highest BCUT2D eigenvalue weighted by Crippen LogP contribution is 2.40. The van der Waals surface area contributed by atoms with E-state index < -0.39 is 11.7 Å². The number of nitrogens with zero attached hydrogens (tertiary/aromatic N) is 4. The van der Waals surface area contributed by atoms with Crippen LogP contribution >= 0.6 is 11.6 Å². The molecule has 1 fully saturated rings. The Bertz CT molecular complexity index is 1270. The van der Waals surface area contributed by atoms with Gasteiger partial charge in [0, 0.05) is 30.4 Å². The third kappa shape index (κ3) is 5.13. The summed E-state index contributed by atoms with van der Waals surface area (Å²) in [6.07, 6.45) is 5.05. The first-order chi connectivity index (χ1) is 17.1. The number of imidazole rings is 1. The molecule has 10 heteroatoms. The van der Waals surface area contributed by atoms with Crippen LogP contribution in [0.3, 0.4) is 0 Å². The average molecular weight is 517 g/mol. The number of benzene rings is 1. The van der Waals surface area contributed by atoms with E-state index >= 15 is 4.39 Å². The van der Waals surface area contributed by atoms with Gasteiger partial charge in [0.2, 0.25) is 0 Å². The van der Waals surface area contributed by atoms with Crippen molar-refractivity contribution in [1.82, 2.24) is 24.6 Å². The van der Waals surface area contributed by atoms with Gasteiger partial charge < -0.3 is 20.7 Å². The average Bonchev–Trinajstić information content (AvgIpc) is 3.17. The number of rotatable bonds is 7. The van der Waals surface area contributed by atoms with Gasteiger partial charge in [0.15, 0.2) is 5.82 Å². The minimum Gasteiger partial charge on any atom is -0.490 e. The van der Waals surface area contributed by atoms with Crippen LogP contribution in [0.1, 0.15) is 67.0 Å². The number of nitrogens with one attached hydrogen (secondary N) is 1. The fourth-order valence-corrected chi connectivity index (χ4v) is 5.03. The maximum absolute atomic E-state index is 15.4. The largest absolute Gasteiger partial charge is 0.490 e. The number of hydrogen-bond donors (Lipinski definition) is 2. The lowest BCUT2D eigenvalue weighted by atomic mass is 9.95. The highest BCUT2D eigenvalue weighted by atomic mass is 35.5. The van der Waals surface area contributed by atoms with Gasteiger partial charge in [0.05, 0.1) is 16.8 Å². The van der Waals surface area contributed by atoms with Crippen molar-refractivity contribution >= 4 is 28.8 Å². The molecule has 3 aromatic rings. The van der Waals surface area contributed by atoms with Crippen LogP contribution in [0.4, 0.5) is 10.2 Å². The van der Waals surface area contributed by atoms with Gasteiger partial charge in [-0.05, 0) is 65.7 Å². The van der Waals surface area contributed by atoms with Crippen molar-refractivity contribution in [3.8, 4) is 5.75 Å². The summed E-state index contributed by atoms with van der Waals surface area (Å²) in [6.45, 7) is 9.88.